The summed E-state index contributed by atoms with van der Waals surface area (Å²) in [5.74, 6) is 0.448. The van der Waals surface area contributed by atoms with Crippen LogP contribution in [0.2, 0.25) is 5.02 Å². The molecular weight excluding hydrogens is 404 g/mol. The SMILES string of the molecule is CCc1ccc(OCc2ccccc2C(=O)NC(=S)Nc2ccccc2Cl)cc1. The van der Waals surface area contributed by atoms with Gasteiger partial charge in [0.1, 0.15) is 12.4 Å². The molecule has 0 aliphatic rings. The molecule has 2 N–H and O–H groups in total. The van der Waals surface area contributed by atoms with Crippen LogP contribution in [-0.2, 0) is 13.0 Å². The number of halogens is 1. The molecule has 0 bridgehead atoms. The lowest BCUT2D eigenvalue weighted by Crippen LogP contribution is -2.34. The van der Waals surface area contributed by atoms with E-state index in [1.54, 1.807) is 24.3 Å². The van der Waals surface area contributed by atoms with Crippen molar-refractivity contribution in [3.05, 3.63) is 94.5 Å². The third-order valence-electron chi connectivity index (χ3n) is 4.34. The van der Waals surface area contributed by atoms with Crippen LogP contribution in [0.3, 0.4) is 0 Å². The Morgan fingerprint density at radius 3 is 2.41 bits per heavy atom. The molecule has 0 heterocycles. The van der Waals surface area contributed by atoms with E-state index >= 15 is 0 Å². The molecule has 0 aliphatic carbocycles. The topological polar surface area (TPSA) is 50.4 Å². The lowest BCUT2D eigenvalue weighted by Gasteiger charge is -2.13. The quantitative estimate of drug-likeness (QED) is 0.505. The first kappa shape index (κ1) is 20.8. The third kappa shape index (κ3) is 5.79. The molecule has 0 aliphatic heterocycles. The van der Waals surface area contributed by atoms with Gasteiger partial charge in [0.15, 0.2) is 5.11 Å². The summed E-state index contributed by atoms with van der Waals surface area (Å²) in [4.78, 5) is 12.7. The van der Waals surface area contributed by atoms with Gasteiger partial charge in [-0.3, -0.25) is 10.1 Å². The number of amides is 1. The Bertz CT molecular complexity index is 1010. The summed E-state index contributed by atoms with van der Waals surface area (Å²) in [5, 5.41) is 6.32. The lowest BCUT2D eigenvalue weighted by molar-refractivity contribution is 0.0975. The van der Waals surface area contributed by atoms with E-state index in [1.165, 1.54) is 5.56 Å². The monoisotopic (exact) mass is 424 g/mol. The summed E-state index contributed by atoms with van der Waals surface area (Å²) in [7, 11) is 0. The number of nitrogens with one attached hydrogen (secondary N) is 2. The molecule has 0 saturated carbocycles. The van der Waals surface area contributed by atoms with Crippen LogP contribution in [-0.4, -0.2) is 11.0 Å². The Morgan fingerprint density at radius 2 is 1.69 bits per heavy atom. The van der Waals surface area contributed by atoms with Gasteiger partial charge >= 0.3 is 0 Å². The van der Waals surface area contributed by atoms with Crippen molar-refractivity contribution in [1.29, 1.82) is 0 Å². The van der Waals surface area contributed by atoms with Gasteiger partial charge in [0.25, 0.3) is 5.91 Å². The molecule has 1 amide bonds. The molecule has 0 unspecified atom stereocenters. The number of rotatable bonds is 6. The Morgan fingerprint density at radius 1 is 1.00 bits per heavy atom. The Labute approximate surface area is 180 Å². The van der Waals surface area contributed by atoms with Gasteiger partial charge in [0.2, 0.25) is 0 Å². The first-order valence-corrected chi connectivity index (χ1v) is 10.0. The number of thiocarbonyl (C=S) groups is 1. The highest BCUT2D eigenvalue weighted by molar-refractivity contribution is 7.80. The smallest absolute Gasteiger partial charge is 0.257 e. The van der Waals surface area contributed by atoms with Gasteiger partial charge in [-0.25, -0.2) is 0 Å². The number of ether oxygens (including phenoxy) is 1. The van der Waals surface area contributed by atoms with E-state index in [4.69, 9.17) is 28.6 Å². The average Bonchev–Trinajstić information content (AvgIpc) is 2.74. The highest BCUT2D eigenvalue weighted by atomic mass is 35.5. The normalized spacial score (nSPS) is 10.3. The molecule has 3 aromatic rings. The van der Waals surface area contributed by atoms with Crippen LogP contribution in [0.25, 0.3) is 0 Å². The second kappa shape index (κ2) is 10.0. The minimum atomic E-state index is -0.310. The number of aryl methyl sites for hydroxylation is 1. The molecular formula is C23H21ClN2O2S. The Balaban J connectivity index is 1.64. The molecule has 0 aromatic heterocycles. The minimum absolute atomic E-state index is 0.175. The first-order valence-electron chi connectivity index (χ1n) is 9.23. The summed E-state index contributed by atoms with van der Waals surface area (Å²) in [6.07, 6.45) is 0.978. The molecule has 0 saturated heterocycles. The highest BCUT2D eigenvalue weighted by Gasteiger charge is 2.13. The maximum Gasteiger partial charge on any atom is 0.257 e. The van der Waals surface area contributed by atoms with Gasteiger partial charge in [-0.05, 0) is 54.5 Å². The van der Waals surface area contributed by atoms with Crippen molar-refractivity contribution in [2.24, 2.45) is 0 Å². The summed E-state index contributed by atoms with van der Waals surface area (Å²) in [6.45, 7) is 2.38. The molecule has 3 aromatic carbocycles. The van der Waals surface area contributed by atoms with Gasteiger partial charge in [0.05, 0.1) is 10.7 Å². The zero-order valence-corrected chi connectivity index (χ0v) is 17.5. The van der Waals surface area contributed by atoms with E-state index in [1.807, 2.05) is 48.5 Å². The van der Waals surface area contributed by atoms with Crippen LogP contribution in [0.1, 0.15) is 28.4 Å². The maximum atomic E-state index is 12.7. The van der Waals surface area contributed by atoms with E-state index < -0.39 is 0 Å². The molecule has 3 rings (SSSR count). The van der Waals surface area contributed by atoms with Gasteiger partial charge in [-0.15, -0.1) is 0 Å². The van der Waals surface area contributed by atoms with Crippen molar-refractivity contribution in [3.63, 3.8) is 0 Å². The van der Waals surface area contributed by atoms with Crippen LogP contribution in [0.4, 0.5) is 5.69 Å². The number of para-hydroxylation sites is 1. The van der Waals surface area contributed by atoms with Crippen molar-refractivity contribution in [2.45, 2.75) is 20.0 Å². The molecule has 29 heavy (non-hydrogen) atoms. The van der Waals surface area contributed by atoms with Gasteiger partial charge in [-0.1, -0.05) is 61.0 Å². The Kier molecular flexibility index (Phi) is 7.22. The van der Waals surface area contributed by atoms with Gasteiger partial charge in [-0.2, -0.15) is 0 Å². The largest absolute Gasteiger partial charge is 0.489 e. The van der Waals surface area contributed by atoms with Crippen LogP contribution in [0, 0.1) is 0 Å². The van der Waals surface area contributed by atoms with Crippen molar-refractivity contribution < 1.29 is 9.53 Å². The summed E-state index contributed by atoms with van der Waals surface area (Å²) in [5.41, 5.74) is 3.15. The molecule has 0 spiro atoms. The van der Waals surface area contributed by atoms with E-state index in [2.05, 4.69) is 17.6 Å². The molecule has 6 heteroatoms. The van der Waals surface area contributed by atoms with Crippen molar-refractivity contribution >= 4 is 40.5 Å². The summed E-state index contributed by atoms with van der Waals surface area (Å²) < 4.78 is 5.85. The van der Waals surface area contributed by atoms with E-state index in [-0.39, 0.29) is 17.6 Å². The van der Waals surface area contributed by atoms with E-state index in [0.29, 0.717) is 16.3 Å². The number of hydrogen-bond acceptors (Lipinski definition) is 3. The fourth-order valence-electron chi connectivity index (χ4n) is 2.74. The first-order chi connectivity index (χ1) is 14.1. The summed E-state index contributed by atoms with van der Waals surface area (Å²) >= 11 is 11.4. The van der Waals surface area contributed by atoms with Gasteiger partial charge in [0, 0.05) is 11.1 Å². The Hall–Kier alpha value is -2.89. The lowest BCUT2D eigenvalue weighted by atomic mass is 10.1. The van der Waals surface area contributed by atoms with Crippen molar-refractivity contribution in [3.8, 4) is 5.75 Å². The second-order valence-electron chi connectivity index (χ2n) is 6.33. The molecule has 0 fully saturated rings. The number of anilines is 1. The number of benzene rings is 3. The van der Waals surface area contributed by atoms with E-state index in [0.717, 1.165) is 17.7 Å². The fourth-order valence-corrected chi connectivity index (χ4v) is 3.12. The van der Waals surface area contributed by atoms with Crippen molar-refractivity contribution in [1.82, 2.24) is 5.32 Å². The highest BCUT2D eigenvalue weighted by Crippen LogP contribution is 2.20. The fraction of sp³-hybridized carbons (Fsp3) is 0.130. The van der Waals surface area contributed by atoms with E-state index in [9.17, 15) is 4.79 Å². The third-order valence-corrected chi connectivity index (χ3v) is 4.87. The number of hydrogen-bond donors (Lipinski definition) is 2. The predicted octanol–water partition coefficient (Wildman–Crippen LogP) is 5.61. The van der Waals surface area contributed by atoms with Crippen LogP contribution < -0.4 is 15.4 Å². The van der Waals surface area contributed by atoms with Crippen molar-refractivity contribution in [2.75, 3.05) is 5.32 Å². The number of carbonyl (C=O) groups excluding carboxylic acids is 1. The molecule has 0 atom stereocenters. The number of carbonyl (C=O) groups is 1. The maximum absolute atomic E-state index is 12.7. The van der Waals surface area contributed by atoms with Crippen LogP contribution in [0.5, 0.6) is 5.75 Å². The summed E-state index contributed by atoms with van der Waals surface area (Å²) in [6, 6.07) is 22.4. The standard InChI is InChI=1S/C23H21ClN2O2S/c1-2-16-11-13-18(14-12-16)28-15-17-7-3-4-8-19(17)22(27)26-23(29)25-21-10-6-5-9-20(21)24/h3-14H,2,15H2,1H3,(H2,25,26,27,29). The molecule has 0 radical (unpaired) electrons. The molecule has 4 nitrogen and oxygen atoms in total. The second-order valence-corrected chi connectivity index (χ2v) is 7.15. The molecule has 148 valence electrons. The zero-order chi connectivity index (χ0) is 20.6. The zero-order valence-electron chi connectivity index (χ0n) is 15.9. The predicted molar refractivity (Wildman–Crippen MR) is 122 cm³/mol. The van der Waals surface area contributed by atoms with Gasteiger partial charge < -0.3 is 10.1 Å². The minimum Gasteiger partial charge on any atom is -0.489 e. The van der Waals surface area contributed by atoms with Crippen LogP contribution in [0.15, 0.2) is 72.8 Å². The van der Waals surface area contributed by atoms with Crippen LogP contribution >= 0.6 is 23.8 Å². The average molecular weight is 425 g/mol.